The molecule has 2 aromatic heterocycles. The van der Waals surface area contributed by atoms with Gasteiger partial charge in [-0.25, -0.2) is 4.79 Å². The Kier molecular flexibility index (Phi) is 3.88. The first-order valence-corrected chi connectivity index (χ1v) is 6.29. The molecular weight excluding hydrogens is 250 g/mol. The predicted octanol–water partition coefficient (Wildman–Crippen LogP) is 1.96. The molecule has 18 heavy (non-hydrogen) atoms. The van der Waals surface area contributed by atoms with E-state index in [1.54, 1.807) is 23.5 Å². The van der Waals surface area contributed by atoms with Gasteiger partial charge in [-0.3, -0.25) is 0 Å². The maximum Gasteiger partial charge on any atom is 0.358 e. The molecule has 0 unspecified atom stereocenters. The summed E-state index contributed by atoms with van der Waals surface area (Å²) < 4.78 is 4.57. The van der Waals surface area contributed by atoms with Crippen LogP contribution in [0.5, 0.6) is 0 Å². The van der Waals surface area contributed by atoms with Gasteiger partial charge in [0.15, 0.2) is 11.5 Å². The number of nitrogens with zero attached hydrogens (tertiary/aromatic N) is 3. The molecule has 94 valence electrons. The van der Waals surface area contributed by atoms with Crippen LogP contribution in [0.1, 0.15) is 16.1 Å². The quantitative estimate of drug-likeness (QED) is 0.789. The number of rotatable bonds is 4. The van der Waals surface area contributed by atoms with Gasteiger partial charge in [0.05, 0.1) is 7.11 Å². The molecular formula is C12H13N3O2S. The van der Waals surface area contributed by atoms with Crippen LogP contribution in [-0.4, -0.2) is 30.3 Å². The van der Waals surface area contributed by atoms with Crippen LogP contribution in [0.3, 0.4) is 0 Å². The summed E-state index contributed by atoms with van der Waals surface area (Å²) in [6, 6.07) is 5.43. The van der Waals surface area contributed by atoms with Crippen molar-refractivity contribution >= 4 is 23.1 Å². The van der Waals surface area contributed by atoms with Crippen molar-refractivity contribution in [2.45, 2.75) is 6.54 Å². The van der Waals surface area contributed by atoms with Crippen LogP contribution < -0.4 is 4.90 Å². The van der Waals surface area contributed by atoms with E-state index in [1.807, 2.05) is 17.3 Å². The largest absolute Gasteiger partial charge is 0.464 e. The van der Waals surface area contributed by atoms with Crippen molar-refractivity contribution in [1.29, 1.82) is 0 Å². The van der Waals surface area contributed by atoms with Gasteiger partial charge in [0.2, 0.25) is 0 Å². The molecule has 0 amide bonds. The topological polar surface area (TPSA) is 55.3 Å². The fourth-order valence-corrected chi connectivity index (χ4v) is 2.14. The van der Waals surface area contributed by atoms with E-state index in [4.69, 9.17) is 0 Å². The molecule has 2 rings (SSSR count). The van der Waals surface area contributed by atoms with E-state index in [0.29, 0.717) is 5.82 Å². The third kappa shape index (κ3) is 2.84. The lowest BCUT2D eigenvalue weighted by Gasteiger charge is -2.16. The maximum atomic E-state index is 11.2. The van der Waals surface area contributed by atoms with Crippen LogP contribution in [-0.2, 0) is 11.3 Å². The van der Waals surface area contributed by atoms with E-state index in [1.165, 1.54) is 12.7 Å². The normalized spacial score (nSPS) is 10.1. The number of methoxy groups -OCH3 is 1. The zero-order chi connectivity index (χ0) is 13.0. The van der Waals surface area contributed by atoms with E-state index >= 15 is 0 Å². The predicted molar refractivity (Wildman–Crippen MR) is 69.8 cm³/mol. The maximum absolute atomic E-state index is 11.2. The third-order valence-corrected chi connectivity index (χ3v) is 3.17. The van der Waals surface area contributed by atoms with Crippen LogP contribution in [0, 0.1) is 0 Å². The highest BCUT2D eigenvalue weighted by molar-refractivity contribution is 7.07. The zero-order valence-corrected chi connectivity index (χ0v) is 11.0. The molecule has 0 N–H and O–H groups in total. The highest BCUT2D eigenvalue weighted by Gasteiger charge is 2.09. The molecule has 2 heterocycles. The first kappa shape index (κ1) is 12.5. The summed E-state index contributed by atoms with van der Waals surface area (Å²) in [7, 11) is 3.25. The van der Waals surface area contributed by atoms with Crippen molar-refractivity contribution in [2.75, 3.05) is 19.1 Å². The molecule has 0 bridgehead atoms. The number of thiophene rings is 1. The van der Waals surface area contributed by atoms with E-state index in [2.05, 4.69) is 26.4 Å². The molecule has 0 saturated heterocycles. The first-order valence-electron chi connectivity index (χ1n) is 5.35. The second kappa shape index (κ2) is 5.59. The number of aromatic nitrogens is 2. The van der Waals surface area contributed by atoms with E-state index in [-0.39, 0.29) is 5.69 Å². The summed E-state index contributed by atoms with van der Waals surface area (Å²) in [6.07, 6.45) is 0. The van der Waals surface area contributed by atoms with Crippen molar-refractivity contribution in [2.24, 2.45) is 0 Å². The fourth-order valence-electron chi connectivity index (χ4n) is 1.48. The highest BCUT2D eigenvalue weighted by atomic mass is 32.1. The lowest BCUT2D eigenvalue weighted by molar-refractivity contribution is 0.0592. The van der Waals surface area contributed by atoms with E-state index in [0.717, 1.165) is 6.54 Å². The van der Waals surface area contributed by atoms with Crippen LogP contribution in [0.15, 0.2) is 29.0 Å². The molecule has 0 aliphatic carbocycles. The van der Waals surface area contributed by atoms with Gasteiger partial charge in [-0.05, 0) is 34.5 Å². The number of carbonyl (C=O) groups excluding carboxylic acids is 1. The van der Waals surface area contributed by atoms with Crippen LogP contribution >= 0.6 is 11.3 Å². The van der Waals surface area contributed by atoms with Gasteiger partial charge in [-0.2, -0.15) is 11.3 Å². The molecule has 0 aromatic carbocycles. The monoisotopic (exact) mass is 263 g/mol. The van der Waals surface area contributed by atoms with E-state index < -0.39 is 5.97 Å². The second-order valence-electron chi connectivity index (χ2n) is 3.76. The standard InChI is InChI=1S/C12H13N3O2S/c1-15(7-9-5-6-18-8-9)11-4-3-10(13-14-11)12(16)17-2/h3-6,8H,7H2,1-2H3. The van der Waals surface area contributed by atoms with Crippen LogP contribution in [0.4, 0.5) is 5.82 Å². The number of anilines is 1. The Labute approximate surface area is 109 Å². The molecule has 0 saturated carbocycles. The molecule has 5 nitrogen and oxygen atoms in total. The molecule has 0 spiro atoms. The smallest absolute Gasteiger partial charge is 0.358 e. The second-order valence-corrected chi connectivity index (χ2v) is 4.54. The number of esters is 1. The average Bonchev–Trinajstić information content (AvgIpc) is 2.91. The molecule has 0 aliphatic heterocycles. The first-order chi connectivity index (χ1) is 8.70. The minimum Gasteiger partial charge on any atom is -0.464 e. The van der Waals surface area contributed by atoms with E-state index in [9.17, 15) is 4.79 Å². The molecule has 0 aliphatic rings. The Morgan fingerprint density at radius 1 is 1.39 bits per heavy atom. The van der Waals surface area contributed by atoms with Crippen molar-refractivity contribution in [3.05, 3.63) is 40.2 Å². The van der Waals surface area contributed by atoms with Crippen molar-refractivity contribution in [3.8, 4) is 0 Å². The SMILES string of the molecule is COC(=O)c1ccc(N(C)Cc2ccsc2)nn1. The van der Waals surface area contributed by atoms with Crippen LogP contribution in [0.2, 0.25) is 0 Å². The summed E-state index contributed by atoms with van der Waals surface area (Å²) in [6.45, 7) is 0.760. The summed E-state index contributed by atoms with van der Waals surface area (Å²) in [5, 5.41) is 12.0. The minimum atomic E-state index is -0.477. The minimum absolute atomic E-state index is 0.213. The van der Waals surface area contributed by atoms with Crippen molar-refractivity contribution < 1.29 is 9.53 Å². The number of carbonyl (C=O) groups is 1. The Balaban J connectivity index is 2.07. The Hall–Kier alpha value is -1.95. The number of ether oxygens (including phenoxy) is 1. The molecule has 2 aromatic rings. The lowest BCUT2D eigenvalue weighted by Crippen LogP contribution is -2.18. The molecule has 6 heteroatoms. The van der Waals surface area contributed by atoms with Gasteiger partial charge in [0.25, 0.3) is 0 Å². The number of hydrogen-bond acceptors (Lipinski definition) is 6. The fraction of sp³-hybridized carbons (Fsp3) is 0.250. The van der Waals surface area contributed by atoms with Gasteiger partial charge >= 0.3 is 5.97 Å². The highest BCUT2D eigenvalue weighted by Crippen LogP contribution is 2.14. The summed E-state index contributed by atoms with van der Waals surface area (Å²) in [5.74, 6) is 0.239. The Morgan fingerprint density at radius 2 is 2.22 bits per heavy atom. The Bertz CT molecular complexity index is 511. The van der Waals surface area contributed by atoms with Gasteiger partial charge in [0, 0.05) is 13.6 Å². The summed E-state index contributed by atoms with van der Waals surface area (Å²) in [4.78, 5) is 13.2. The number of hydrogen-bond donors (Lipinski definition) is 0. The lowest BCUT2D eigenvalue weighted by atomic mass is 10.3. The summed E-state index contributed by atoms with van der Waals surface area (Å²) >= 11 is 1.66. The molecule has 0 fully saturated rings. The van der Waals surface area contributed by atoms with Crippen molar-refractivity contribution in [1.82, 2.24) is 10.2 Å². The summed E-state index contributed by atoms with van der Waals surface area (Å²) in [5.41, 5.74) is 1.44. The van der Waals surface area contributed by atoms with Crippen LogP contribution in [0.25, 0.3) is 0 Å². The Morgan fingerprint density at radius 3 is 2.78 bits per heavy atom. The van der Waals surface area contributed by atoms with Gasteiger partial charge in [0.1, 0.15) is 0 Å². The molecule has 0 atom stereocenters. The van der Waals surface area contributed by atoms with Gasteiger partial charge < -0.3 is 9.64 Å². The van der Waals surface area contributed by atoms with Gasteiger partial charge in [-0.15, -0.1) is 10.2 Å². The van der Waals surface area contributed by atoms with Crippen molar-refractivity contribution in [3.63, 3.8) is 0 Å². The average molecular weight is 263 g/mol. The molecule has 0 radical (unpaired) electrons. The van der Waals surface area contributed by atoms with Gasteiger partial charge in [-0.1, -0.05) is 0 Å². The zero-order valence-electron chi connectivity index (χ0n) is 10.2. The third-order valence-electron chi connectivity index (χ3n) is 2.44.